The molecular formula is C30H48O4. The number of aldehydes is 1. The molecule has 4 heteroatoms. The number of aliphatic hydroxyl groups is 3. The first-order valence-electron chi connectivity index (χ1n) is 12.8. The molecule has 0 aromatic heterocycles. The lowest BCUT2D eigenvalue weighted by Gasteiger charge is -2.54. The van der Waals surface area contributed by atoms with Crippen molar-refractivity contribution in [2.75, 3.05) is 13.2 Å². The molecule has 0 heterocycles. The first kappa shape index (κ1) is 30.3. The molecule has 0 unspecified atom stereocenters. The molecule has 3 atom stereocenters. The highest BCUT2D eigenvalue weighted by Gasteiger charge is 2.54. The third-order valence-corrected chi connectivity index (χ3v) is 7.55. The zero-order valence-electron chi connectivity index (χ0n) is 22.4. The Morgan fingerprint density at radius 1 is 1.09 bits per heavy atom. The van der Waals surface area contributed by atoms with Crippen LogP contribution in [0.2, 0.25) is 0 Å². The van der Waals surface area contributed by atoms with Crippen LogP contribution in [0.1, 0.15) is 92.9 Å². The highest BCUT2D eigenvalue weighted by atomic mass is 16.3. The van der Waals surface area contributed by atoms with E-state index < -0.39 is 11.0 Å². The van der Waals surface area contributed by atoms with Crippen LogP contribution in [0, 0.1) is 11.3 Å². The van der Waals surface area contributed by atoms with E-state index in [1.165, 1.54) is 11.1 Å². The second-order valence-electron chi connectivity index (χ2n) is 10.5. The van der Waals surface area contributed by atoms with Crippen LogP contribution in [0.25, 0.3) is 0 Å². The minimum Gasteiger partial charge on any atom is -0.396 e. The summed E-state index contributed by atoms with van der Waals surface area (Å²) in [7, 11) is 0. The number of allylic oxidation sites excluding steroid dienone is 10. The van der Waals surface area contributed by atoms with Crippen LogP contribution >= 0.6 is 0 Å². The second-order valence-corrected chi connectivity index (χ2v) is 10.5. The molecule has 0 saturated heterocycles. The van der Waals surface area contributed by atoms with Crippen molar-refractivity contribution in [3.05, 3.63) is 58.2 Å². The van der Waals surface area contributed by atoms with Gasteiger partial charge < -0.3 is 15.3 Å². The number of hydrogen-bond donors (Lipinski definition) is 3. The third kappa shape index (κ3) is 8.48. The lowest BCUT2D eigenvalue weighted by Crippen LogP contribution is -2.56. The van der Waals surface area contributed by atoms with Gasteiger partial charge in [0.15, 0.2) is 0 Å². The van der Waals surface area contributed by atoms with Crippen LogP contribution in [0.5, 0.6) is 0 Å². The van der Waals surface area contributed by atoms with E-state index in [0.29, 0.717) is 37.7 Å². The predicted octanol–water partition coefficient (Wildman–Crippen LogP) is 6.39. The molecule has 1 rings (SSSR count). The lowest BCUT2D eigenvalue weighted by atomic mass is 9.53. The maximum absolute atomic E-state index is 11.6. The highest BCUT2D eigenvalue weighted by molar-refractivity contribution is 5.74. The quantitative estimate of drug-likeness (QED) is 0.126. The molecule has 0 bridgehead atoms. The van der Waals surface area contributed by atoms with E-state index >= 15 is 0 Å². The number of hydrogen-bond acceptors (Lipinski definition) is 4. The molecule has 0 aromatic rings. The fourth-order valence-corrected chi connectivity index (χ4v) is 5.27. The molecular weight excluding hydrogens is 424 g/mol. The molecule has 192 valence electrons. The molecule has 0 aromatic carbocycles. The van der Waals surface area contributed by atoms with Crippen LogP contribution in [0.4, 0.5) is 0 Å². The van der Waals surface area contributed by atoms with Crippen LogP contribution in [0.15, 0.2) is 58.2 Å². The predicted molar refractivity (Wildman–Crippen MR) is 143 cm³/mol. The minimum absolute atomic E-state index is 0.0542. The average molecular weight is 473 g/mol. The zero-order valence-corrected chi connectivity index (χ0v) is 22.4. The van der Waals surface area contributed by atoms with Crippen molar-refractivity contribution in [2.24, 2.45) is 11.3 Å². The van der Waals surface area contributed by atoms with Crippen LogP contribution < -0.4 is 0 Å². The Labute approximate surface area is 207 Å². The SMILES string of the molecule is CC(C)=CCC/C(C)=C/C=C/C(C)=C/CC[C@@]1(CO)[C@H](CCCO)/C(=C(/C)C=O)CC[C@]1(C)O. The first-order chi connectivity index (χ1) is 16.0. The van der Waals surface area contributed by atoms with Crippen LogP contribution in [-0.4, -0.2) is 40.4 Å². The zero-order chi connectivity index (χ0) is 25.8. The Morgan fingerprint density at radius 2 is 1.79 bits per heavy atom. The Balaban J connectivity index is 3.03. The summed E-state index contributed by atoms with van der Waals surface area (Å²) in [5.74, 6) is -0.130. The van der Waals surface area contributed by atoms with Crippen molar-refractivity contribution in [3.8, 4) is 0 Å². The van der Waals surface area contributed by atoms with E-state index in [-0.39, 0.29) is 19.1 Å². The number of carbonyl (C=O) groups is 1. The van der Waals surface area contributed by atoms with Gasteiger partial charge in [-0.25, -0.2) is 0 Å². The summed E-state index contributed by atoms with van der Waals surface area (Å²) in [6.45, 7) is 12.0. The van der Waals surface area contributed by atoms with E-state index in [4.69, 9.17) is 0 Å². The second kappa shape index (κ2) is 14.6. The van der Waals surface area contributed by atoms with Crippen molar-refractivity contribution >= 4 is 6.29 Å². The fraction of sp³-hybridized carbons (Fsp3) is 0.633. The van der Waals surface area contributed by atoms with Gasteiger partial charge in [0, 0.05) is 12.0 Å². The Morgan fingerprint density at radius 3 is 2.38 bits per heavy atom. The Kier molecular flexibility index (Phi) is 13.0. The van der Waals surface area contributed by atoms with Gasteiger partial charge in [0.25, 0.3) is 0 Å². The maximum Gasteiger partial charge on any atom is 0.145 e. The summed E-state index contributed by atoms with van der Waals surface area (Å²) in [4.78, 5) is 11.6. The molecule has 0 spiro atoms. The molecule has 3 N–H and O–H groups in total. The van der Waals surface area contributed by atoms with Gasteiger partial charge in [0.2, 0.25) is 0 Å². The summed E-state index contributed by atoms with van der Waals surface area (Å²) in [6.07, 6.45) is 17.5. The molecule has 1 fully saturated rings. The van der Waals surface area contributed by atoms with E-state index in [1.807, 2.05) is 13.8 Å². The minimum atomic E-state index is -1.04. The average Bonchev–Trinajstić information content (AvgIpc) is 2.78. The molecule has 1 saturated carbocycles. The van der Waals surface area contributed by atoms with Gasteiger partial charge in [0.05, 0.1) is 12.2 Å². The van der Waals surface area contributed by atoms with Crippen LogP contribution in [-0.2, 0) is 4.79 Å². The van der Waals surface area contributed by atoms with E-state index in [1.54, 1.807) is 0 Å². The maximum atomic E-state index is 11.6. The fourth-order valence-electron chi connectivity index (χ4n) is 5.27. The van der Waals surface area contributed by atoms with Crippen molar-refractivity contribution < 1.29 is 20.1 Å². The smallest absolute Gasteiger partial charge is 0.145 e. The Hall–Kier alpha value is -1.75. The first-order valence-corrected chi connectivity index (χ1v) is 12.8. The molecule has 0 radical (unpaired) electrons. The van der Waals surface area contributed by atoms with E-state index in [9.17, 15) is 20.1 Å². The van der Waals surface area contributed by atoms with Gasteiger partial charge in [0.1, 0.15) is 6.29 Å². The summed E-state index contributed by atoms with van der Waals surface area (Å²) < 4.78 is 0. The van der Waals surface area contributed by atoms with Crippen molar-refractivity contribution in [1.82, 2.24) is 0 Å². The van der Waals surface area contributed by atoms with Gasteiger partial charge in [-0.3, -0.25) is 4.79 Å². The number of rotatable bonds is 13. The molecule has 1 aliphatic rings. The Bertz CT molecular complexity index is 806. The largest absolute Gasteiger partial charge is 0.396 e. The monoisotopic (exact) mass is 472 g/mol. The van der Waals surface area contributed by atoms with Gasteiger partial charge >= 0.3 is 0 Å². The number of carbonyl (C=O) groups excluding carboxylic acids is 1. The molecule has 1 aliphatic carbocycles. The standard InChI is InChI=1S/C30H48O4/c1-23(2)11-7-12-24(3)13-8-14-25(4)15-9-18-30(22-33)28(16-10-20-31)27(26(5)21-32)17-19-29(30,6)34/h8,11,13-15,21,28,31,33-34H,7,9-10,12,16-20,22H2,1-6H3/b14-8+,24-13+,25-15+,27-26-/t28-,29+,30-/m1/s1. The third-order valence-electron chi connectivity index (χ3n) is 7.55. The van der Waals surface area contributed by atoms with Gasteiger partial charge in [-0.2, -0.15) is 0 Å². The van der Waals surface area contributed by atoms with Crippen LogP contribution in [0.3, 0.4) is 0 Å². The topological polar surface area (TPSA) is 77.8 Å². The van der Waals surface area contributed by atoms with E-state index in [2.05, 4.69) is 58.1 Å². The van der Waals surface area contributed by atoms with Crippen molar-refractivity contribution in [2.45, 2.75) is 98.5 Å². The van der Waals surface area contributed by atoms with E-state index in [0.717, 1.165) is 36.7 Å². The highest BCUT2D eigenvalue weighted by Crippen LogP contribution is 2.55. The summed E-state index contributed by atoms with van der Waals surface area (Å²) in [5.41, 5.74) is 3.76. The van der Waals surface area contributed by atoms with Gasteiger partial charge in [-0.1, -0.05) is 52.7 Å². The summed E-state index contributed by atoms with van der Waals surface area (Å²) in [6, 6.07) is 0. The van der Waals surface area contributed by atoms with Gasteiger partial charge in [-0.05, 0) is 104 Å². The molecule has 0 amide bonds. The normalized spacial score (nSPS) is 27.7. The van der Waals surface area contributed by atoms with Gasteiger partial charge in [-0.15, -0.1) is 0 Å². The van der Waals surface area contributed by atoms with Crippen molar-refractivity contribution in [1.29, 1.82) is 0 Å². The number of aliphatic hydroxyl groups excluding tert-OH is 2. The lowest BCUT2D eigenvalue weighted by molar-refractivity contribution is -0.146. The summed E-state index contributed by atoms with van der Waals surface area (Å²) >= 11 is 0. The van der Waals surface area contributed by atoms with Crippen molar-refractivity contribution in [3.63, 3.8) is 0 Å². The molecule has 34 heavy (non-hydrogen) atoms. The summed E-state index contributed by atoms with van der Waals surface area (Å²) in [5, 5.41) is 31.5. The molecule has 0 aliphatic heterocycles. The molecule has 4 nitrogen and oxygen atoms in total.